The number of benzene rings is 1. The van der Waals surface area contributed by atoms with E-state index in [0.29, 0.717) is 23.7 Å². The summed E-state index contributed by atoms with van der Waals surface area (Å²) >= 11 is 5.66. The molecule has 0 unspecified atom stereocenters. The molecule has 0 aromatic heterocycles. The summed E-state index contributed by atoms with van der Waals surface area (Å²) in [7, 11) is 0. The molecule has 0 radical (unpaired) electrons. The first kappa shape index (κ1) is 11.2. The van der Waals surface area contributed by atoms with Crippen LogP contribution in [0.3, 0.4) is 0 Å². The fourth-order valence-electron chi connectivity index (χ4n) is 1.68. The number of nitrogens with zero attached hydrogens (tertiary/aromatic N) is 1. The Morgan fingerprint density at radius 2 is 2.25 bits per heavy atom. The molecule has 0 saturated heterocycles. The van der Waals surface area contributed by atoms with E-state index in [0.717, 1.165) is 12.8 Å². The molecule has 4 heteroatoms. The summed E-state index contributed by atoms with van der Waals surface area (Å²) in [5.41, 5.74) is 0.523. The highest BCUT2D eigenvalue weighted by Gasteiger charge is 2.42. The van der Waals surface area contributed by atoms with Gasteiger partial charge in [-0.1, -0.05) is 11.6 Å². The number of hydrogen-bond donors (Lipinski definition) is 1. The predicted octanol–water partition coefficient (Wildman–Crippen LogP) is 3.58. The van der Waals surface area contributed by atoms with Gasteiger partial charge in [-0.25, -0.2) is 4.39 Å². The zero-order chi connectivity index (χ0) is 11.6. The summed E-state index contributed by atoms with van der Waals surface area (Å²) in [5.74, 6) is -0.347. The van der Waals surface area contributed by atoms with Crippen LogP contribution in [0, 0.1) is 22.6 Å². The first-order valence-corrected chi connectivity index (χ1v) is 5.59. The van der Waals surface area contributed by atoms with Gasteiger partial charge in [-0.15, -0.1) is 0 Å². The van der Waals surface area contributed by atoms with Crippen LogP contribution in [0.2, 0.25) is 5.02 Å². The fourth-order valence-corrected chi connectivity index (χ4v) is 1.83. The Hall–Kier alpha value is -1.27. The average molecular weight is 239 g/mol. The first-order valence-electron chi connectivity index (χ1n) is 5.21. The van der Waals surface area contributed by atoms with Crippen molar-refractivity contribution in [2.75, 3.05) is 11.9 Å². The maximum absolute atomic E-state index is 13.4. The molecular weight excluding hydrogens is 227 g/mol. The summed E-state index contributed by atoms with van der Waals surface area (Å²) in [6, 6.07) is 6.74. The molecule has 1 aliphatic rings. The van der Waals surface area contributed by atoms with Crippen LogP contribution in [-0.2, 0) is 0 Å². The Morgan fingerprint density at radius 1 is 1.50 bits per heavy atom. The largest absolute Gasteiger partial charge is 0.382 e. The summed E-state index contributed by atoms with van der Waals surface area (Å²) in [4.78, 5) is 0. The lowest BCUT2D eigenvalue weighted by atomic mass is 10.0. The SMILES string of the molecule is N#CCC1(CNc2ccc(Cl)cc2F)CC1. The van der Waals surface area contributed by atoms with Gasteiger partial charge in [0, 0.05) is 23.4 Å². The third-order valence-corrected chi connectivity index (χ3v) is 3.23. The molecule has 0 bridgehead atoms. The minimum Gasteiger partial charge on any atom is -0.382 e. The van der Waals surface area contributed by atoms with Crippen molar-refractivity contribution in [3.63, 3.8) is 0 Å². The zero-order valence-corrected chi connectivity index (χ0v) is 9.52. The lowest BCUT2D eigenvalue weighted by Gasteiger charge is -2.13. The molecular formula is C12H12ClFN2. The summed E-state index contributed by atoms with van der Waals surface area (Å²) in [5, 5.41) is 12.1. The van der Waals surface area contributed by atoms with E-state index in [9.17, 15) is 4.39 Å². The number of rotatable bonds is 4. The normalized spacial score (nSPS) is 16.6. The van der Waals surface area contributed by atoms with E-state index in [1.54, 1.807) is 12.1 Å². The van der Waals surface area contributed by atoms with Crippen LogP contribution in [0.5, 0.6) is 0 Å². The van der Waals surface area contributed by atoms with E-state index in [1.807, 2.05) is 0 Å². The molecule has 1 fully saturated rings. The van der Waals surface area contributed by atoms with E-state index < -0.39 is 0 Å². The van der Waals surface area contributed by atoms with Crippen LogP contribution in [0.4, 0.5) is 10.1 Å². The van der Waals surface area contributed by atoms with Crippen LogP contribution in [0.25, 0.3) is 0 Å². The van der Waals surface area contributed by atoms with Gasteiger partial charge in [0.05, 0.1) is 11.8 Å². The molecule has 84 valence electrons. The molecule has 0 amide bonds. The molecule has 1 aromatic carbocycles. The van der Waals surface area contributed by atoms with E-state index in [1.165, 1.54) is 6.07 Å². The molecule has 0 spiro atoms. The minimum atomic E-state index is -0.347. The Kier molecular flexibility index (Phi) is 3.02. The summed E-state index contributed by atoms with van der Waals surface area (Å²) < 4.78 is 13.4. The third kappa shape index (κ3) is 2.45. The number of hydrogen-bond acceptors (Lipinski definition) is 2. The van der Waals surface area contributed by atoms with Gasteiger partial charge >= 0.3 is 0 Å². The van der Waals surface area contributed by atoms with Crippen molar-refractivity contribution < 1.29 is 4.39 Å². The minimum absolute atomic E-state index is 0.0703. The van der Waals surface area contributed by atoms with Gasteiger partial charge in [0.2, 0.25) is 0 Å². The lowest BCUT2D eigenvalue weighted by molar-refractivity contribution is 0.553. The van der Waals surface area contributed by atoms with Gasteiger partial charge in [-0.3, -0.25) is 0 Å². The van der Waals surface area contributed by atoms with Crippen molar-refractivity contribution >= 4 is 17.3 Å². The highest BCUT2D eigenvalue weighted by molar-refractivity contribution is 6.30. The van der Waals surface area contributed by atoms with Gasteiger partial charge in [0.25, 0.3) is 0 Å². The molecule has 16 heavy (non-hydrogen) atoms. The Labute approximate surface area is 99.0 Å². The summed E-state index contributed by atoms with van der Waals surface area (Å²) in [6.45, 7) is 0.652. The third-order valence-electron chi connectivity index (χ3n) is 3.00. The van der Waals surface area contributed by atoms with E-state index >= 15 is 0 Å². The van der Waals surface area contributed by atoms with Crippen molar-refractivity contribution in [3.8, 4) is 6.07 Å². The van der Waals surface area contributed by atoms with Crippen LogP contribution in [-0.4, -0.2) is 6.54 Å². The second kappa shape index (κ2) is 4.31. The quantitative estimate of drug-likeness (QED) is 0.870. The molecule has 1 aliphatic carbocycles. The van der Waals surface area contributed by atoms with Gasteiger partial charge in [0.15, 0.2) is 0 Å². The fraction of sp³-hybridized carbons (Fsp3) is 0.417. The van der Waals surface area contributed by atoms with Gasteiger partial charge in [-0.2, -0.15) is 5.26 Å². The second-order valence-corrected chi connectivity index (χ2v) is 4.75. The highest BCUT2D eigenvalue weighted by Crippen LogP contribution is 2.48. The first-order chi connectivity index (χ1) is 7.65. The number of halogens is 2. The van der Waals surface area contributed by atoms with Crippen molar-refractivity contribution in [1.82, 2.24) is 0 Å². The molecule has 2 nitrogen and oxygen atoms in total. The predicted molar refractivity (Wildman–Crippen MR) is 61.8 cm³/mol. The van der Waals surface area contributed by atoms with Crippen LogP contribution in [0.1, 0.15) is 19.3 Å². The lowest BCUT2D eigenvalue weighted by Crippen LogP contribution is -2.15. The molecule has 0 aliphatic heterocycles. The van der Waals surface area contributed by atoms with Gasteiger partial charge in [0.1, 0.15) is 5.82 Å². The Balaban J connectivity index is 1.98. The van der Waals surface area contributed by atoms with Gasteiger partial charge in [-0.05, 0) is 31.0 Å². The molecule has 2 rings (SSSR count). The van der Waals surface area contributed by atoms with Crippen LogP contribution in [0.15, 0.2) is 18.2 Å². The second-order valence-electron chi connectivity index (χ2n) is 4.31. The van der Waals surface area contributed by atoms with Crippen molar-refractivity contribution in [3.05, 3.63) is 29.0 Å². The van der Waals surface area contributed by atoms with E-state index in [-0.39, 0.29) is 11.2 Å². The van der Waals surface area contributed by atoms with Crippen molar-refractivity contribution in [2.24, 2.45) is 5.41 Å². The van der Waals surface area contributed by atoms with Crippen LogP contribution < -0.4 is 5.32 Å². The van der Waals surface area contributed by atoms with Gasteiger partial charge < -0.3 is 5.32 Å². The van der Waals surface area contributed by atoms with Crippen molar-refractivity contribution in [2.45, 2.75) is 19.3 Å². The Morgan fingerprint density at radius 3 is 2.81 bits per heavy atom. The topological polar surface area (TPSA) is 35.8 Å². The van der Waals surface area contributed by atoms with E-state index in [2.05, 4.69) is 11.4 Å². The van der Waals surface area contributed by atoms with E-state index in [4.69, 9.17) is 16.9 Å². The maximum atomic E-state index is 13.4. The monoisotopic (exact) mass is 238 g/mol. The molecule has 1 aromatic rings. The molecule has 0 atom stereocenters. The summed E-state index contributed by atoms with van der Waals surface area (Å²) in [6.07, 6.45) is 2.63. The Bertz CT molecular complexity index is 435. The molecule has 1 saturated carbocycles. The highest BCUT2D eigenvalue weighted by atomic mass is 35.5. The molecule has 1 N–H and O–H groups in total. The zero-order valence-electron chi connectivity index (χ0n) is 8.76. The maximum Gasteiger partial charge on any atom is 0.147 e. The number of nitriles is 1. The standard InChI is InChI=1S/C12H12ClFN2/c13-9-1-2-11(10(14)7-9)16-8-12(3-4-12)5-6-15/h1-2,7,16H,3-5,8H2. The van der Waals surface area contributed by atoms with Crippen LogP contribution >= 0.6 is 11.6 Å². The number of nitrogens with one attached hydrogen (secondary N) is 1. The van der Waals surface area contributed by atoms with Crippen molar-refractivity contribution in [1.29, 1.82) is 5.26 Å². The number of anilines is 1. The smallest absolute Gasteiger partial charge is 0.147 e. The average Bonchev–Trinajstić information content (AvgIpc) is 2.98. The molecule has 0 heterocycles.